The minimum atomic E-state index is -0.207. The summed E-state index contributed by atoms with van der Waals surface area (Å²) in [6, 6.07) is 0. The van der Waals surface area contributed by atoms with E-state index >= 15 is 0 Å². The maximum atomic E-state index is 8.50. The molecule has 1 aromatic heterocycles. The first-order chi connectivity index (χ1) is 6.25. The van der Waals surface area contributed by atoms with Crippen LogP contribution in [-0.2, 0) is 0 Å². The summed E-state index contributed by atoms with van der Waals surface area (Å²) in [7, 11) is 0. The maximum absolute atomic E-state index is 8.50. The van der Waals surface area contributed by atoms with Crippen molar-refractivity contribution in [2.24, 2.45) is 5.73 Å². The quantitative estimate of drug-likeness (QED) is 0.414. The number of aromatic nitrogens is 2. The molecule has 0 saturated carbocycles. The zero-order valence-electron chi connectivity index (χ0n) is 6.90. The van der Waals surface area contributed by atoms with Gasteiger partial charge in [0, 0.05) is 12.4 Å². The van der Waals surface area contributed by atoms with Crippen molar-refractivity contribution in [3.05, 3.63) is 18.1 Å². The van der Waals surface area contributed by atoms with Crippen LogP contribution >= 0.6 is 0 Å². The molecule has 1 aromatic rings. The molecule has 70 valence electrons. The molecule has 0 spiro atoms. The van der Waals surface area contributed by atoms with Gasteiger partial charge in [0.1, 0.15) is 12.4 Å². The summed E-state index contributed by atoms with van der Waals surface area (Å²) in [4.78, 5) is 7.63. The fourth-order valence-electron chi connectivity index (χ4n) is 0.758. The van der Waals surface area contributed by atoms with E-state index in [9.17, 15) is 0 Å². The molecule has 6 heteroatoms. The number of nitrogens with two attached hydrogens (primary N) is 1. The topological polar surface area (TPSA) is 105 Å². The SMILES string of the molecule is N=C(N)c1nccnc1OCCO. The minimum Gasteiger partial charge on any atom is -0.474 e. The Balaban J connectivity index is 2.84. The lowest BCUT2D eigenvalue weighted by Crippen LogP contribution is -2.16. The van der Waals surface area contributed by atoms with E-state index in [-0.39, 0.29) is 30.6 Å². The number of nitrogens with zero attached hydrogens (tertiary/aromatic N) is 2. The van der Waals surface area contributed by atoms with E-state index < -0.39 is 0 Å². The average molecular weight is 182 g/mol. The Morgan fingerprint density at radius 1 is 1.54 bits per heavy atom. The van der Waals surface area contributed by atoms with Crippen LogP contribution in [0.2, 0.25) is 0 Å². The molecule has 4 N–H and O–H groups in total. The number of amidine groups is 1. The van der Waals surface area contributed by atoms with Gasteiger partial charge in [-0.25, -0.2) is 9.97 Å². The number of hydrogen-bond acceptors (Lipinski definition) is 5. The predicted molar refractivity (Wildman–Crippen MR) is 45.6 cm³/mol. The van der Waals surface area contributed by atoms with Gasteiger partial charge in [0.2, 0.25) is 5.88 Å². The number of hydrogen-bond donors (Lipinski definition) is 3. The Morgan fingerprint density at radius 3 is 2.85 bits per heavy atom. The van der Waals surface area contributed by atoms with Crippen molar-refractivity contribution in [2.45, 2.75) is 0 Å². The van der Waals surface area contributed by atoms with E-state index in [2.05, 4.69) is 9.97 Å². The molecule has 0 unspecified atom stereocenters. The molecule has 0 aliphatic carbocycles. The van der Waals surface area contributed by atoms with Crippen molar-refractivity contribution < 1.29 is 9.84 Å². The molecule has 0 saturated heterocycles. The van der Waals surface area contributed by atoms with E-state index in [1.807, 2.05) is 0 Å². The van der Waals surface area contributed by atoms with E-state index in [1.54, 1.807) is 0 Å². The molecule has 0 bridgehead atoms. The molecule has 13 heavy (non-hydrogen) atoms. The van der Waals surface area contributed by atoms with Crippen LogP contribution in [0.3, 0.4) is 0 Å². The number of nitrogen functional groups attached to an aromatic ring is 1. The standard InChI is InChI=1S/C7H10N4O2/c8-6(9)5-7(13-4-3-12)11-2-1-10-5/h1-2,12H,3-4H2,(H3,8,9). The fraction of sp³-hybridized carbons (Fsp3) is 0.286. The highest BCUT2D eigenvalue weighted by Gasteiger charge is 2.08. The Kier molecular flexibility index (Phi) is 3.15. The van der Waals surface area contributed by atoms with Gasteiger partial charge in [0.25, 0.3) is 0 Å². The highest BCUT2D eigenvalue weighted by molar-refractivity contribution is 5.94. The summed E-state index contributed by atoms with van der Waals surface area (Å²) in [5.41, 5.74) is 5.42. The lowest BCUT2D eigenvalue weighted by atomic mass is 10.4. The molecule has 6 nitrogen and oxygen atoms in total. The predicted octanol–water partition coefficient (Wildman–Crippen LogP) is -0.868. The fourth-order valence-corrected chi connectivity index (χ4v) is 0.758. The van der Waals surface area contributed by atoms with Gasteiger partial charge in [0.05, 0.1) is 6.61 Å². The minimum absolute atomic E-state index is 0.110. The number of aliphatic hydroxyl groups is 1. The summed E-state index contributed by atoms with van der Waals surface area (Å²) in [5, 5.41) is 15.6. The first-order valence-electron chi connectivity index (χ1n) is 3.64. The van der Waals surface area contributed by atoms with Crippen molar-refractivity contribution in [3.63, 3.8) is 0 Å². The highest BCUT2D eigenvalue weighted by atomic mass is 16.5. The van der Waals surface area contributed by atoms with Gasteiger partial charge in [0.15, 0.2) is 5.69 Å². The van der Waals surface area contributed by atoms with Crippen LogP contribution < -0.4 is 10.5 Å². The van der Waals surface area contributed by atoms with E-state index in [4.69, 9.17) is 21.0 Å². The molecular formula is C7H10N4O2. The van der Waals surface area contributed by atoms with Crippen molar-refractivity contribution in [1.82, 2.24) is 9.97 Å². The summed E-state index contributed by atoms with van der Waals surface area (Å²) < 4.78 is 5.00. The third-order valence-corrected chi connectivity index (χ3v) is 1.25. The Labute approximate surface area is 74.9 Å². The molecule has 0 aliphatic rings. The van der Waals surface area contributed by atoms with Crippen LogP contribution in [0.5, 0.6) is 5.88 Å². The van der Waals surface area contributed by atoms with Crippen LogP contribution in [0.25, 0.3) is 0 Å². The van der Waals surface area contributed by atoms with E-state index in [1.165, 1.54) is 12.4 Å². The second-order valence-electron chi connectivity index (χ2n) is 2.20. The van der Waals surface area contributed by atoms with Crippen LogP contribution in [0.4, 0.5) is 0 Å². The molecule has 0 atom stereocenters. The van der Waals surface area contributed by atoms with Gasteiger partial charge in [-0.2, -0.15) is 0 Å². The number of rotatable bonds is 4. The van der Waals surface area contributed by atoms with Crippen LogP contribution in [-0.4, -0.2) is 34.1 Å². The normalized spacial score (nSPS) is 9.62. The number of aliphatic hydroxyl groups excluding tert-OH is 1. The third-order valence-electron chi connectivity index (χ3n) is 1.25. The van der Waals surface area contributed by atoms with Gasteiger partial charge < -0.3 is 15.6 Å². The van der Waals surface area contributed by atoms with Crippen molar-refractivity contribution >= 4 is 5.84 Å². The molecule has 0 fully saturated rings. The van der Waals surface area contributed by atoms with Crippen LogP contribution in [0.15, 0.2) is 12.4 Å². The molecule has 1 heterocycles. The zero-order valence-corrected chi connectivity index (χ0v) is 6.90. The van der Waals surface area contributed by atoms with Gasteiger partial charge in [-0.15, -0.1) is 0 Å². The van der Waals surface area contributed by atoms with Gasteiger partial charge in [-0.1, -0.05) is 0 Å². The van der Waals surface area contributed by atoms with Gasteiger partial charge in [-0.3, -0.25) is 5.41 Å². The first-order valence-corrected chi connectivity index (χ1v) is 3.64. The lowest BCUT2D eigenvalue weighted by Gasteiger charge is -2.05. The summed E-state index contributed by atoms with van der Waals surface area (Å²) in [6.45, 7) is -0.00705. The number of nitrogens with one attached hydrogen (secondary N) is 1. The maximum Gasteiger partial charge on any atom is 0.243 e. The van der Waals surface area contributed by atoms with E-state index in [0.717, 1.165) is 0 Å². The Bertz CT molecular complexity index is 302. The highest BCUT2D eigenvalue weighted by Crippen LogP contribution is 2.09. The monoisotopic (exact) mass is 182 g/mol. The molecular weight excluding hydrogens is 172 g/mol. The van der Waals surface area contributed by atoms with Crippen molar-refractivity contribution in [2.75, 3.05) is 13.2 Å². The molecule has 0 aromatic carbocycles. The smallest absolute Gasteiger partial charge is 0.243 e. The van der Waals surface area contributed by atoms with Crippen LogP contribution in [0, 0.1) is 5.41 Å². The summed E-state index contributed by atoms with van der Waals surface area (Å²) in [6.07, 6.45) is 2.85. The van der Waals surface area contributed by atoms with Crippen LogP contribution in [0.1, 0.15) is 5.69 Å². The zero-order chi connectivity index (χ0) is 9.68. The van der Waals surface area contributed by atoms with E-state index in [0.29, 0.717) is 0 Å². The Hall–Kier alpha value is -1.69. The van der Waals surface area contributed by atoms with Crippen molar-refractivity contribution in [3.8, 4) is 5.88 Å². The second-order valence-corrected chi connectivity index (χ2v) is 2.20. The van der Waals surface area contributed by atoms with Gasteiger partial charge in [-0.05, 0) is 0 Å². The third kappa shape index (κ3) is 2.38. The van der Waals surface area contributed by atoms with Gasteiger partial charge >= 0.3 is 0 Å². The molecule has 0 radical (unpaired) electrons. The lowest BCUT2D eigenvalue weighted by molar-refractivity contribution is 0.196. The largest absolute Gasteiger partial charge is 0.474 e. The first kappa shape index (κ1) is 9.40. The average Bonchev–Trinajstić information content (AvgIpc) is 2.15. The summed E-state index contributed by atoms with van der Waals surface area (Å²) in [5.74, 6) is -0.0370. The molecule has 1 rings (SSSR count). The molecule has 0 aliphatic heterocycles. The molecule has 0 amide bonds. The van der Waals surface area contributed by atoms with Crippen molar-refractivity contribution in [1.29, 1.82) is 5.41 Å². The number of ether oxygens (including phenoxy) is 1. The Morgan fingerprint density at radius 2 is 2.23 bits per heavy atom. The second kappa shape index (κ2) is 4.36. The summed E-state index contributed by atoms with van der Waals surface area (Å²) >= 11 is 0.